The lowest BCUT2D eigenvalue weighted by Gasteiger charge is -2.43. The molecule has 0 unspecified atom stereocenters. The first kappa shape index (κ1) is 31.3. The first-order valence-electron chi connectivity index (χ1n) is 13.7. The smallest absolute Gasteiger partial charge is 0.316 e. The average Bonchev–Trinajstić information content (AvgIpc) is 3.08. The SMILES string of the molecule is C=C[C@](C)(C[C@@H](OC(=O)CS[C@@H]1CC[C@@H](N)C[C@H]1O)[C@H](C)C(C)C)[C@@H](O)[C@H](C)[C@H]1CCC(=O)C1(C)C. The minimum Gasteiger partial charge on any atom is -0.461 e. The zero-order valence-corrected chi connectivity index (χ0v) is 24.4. The van der Waals surface area contributed by atoms with Crippen LogP contribution >= 0.6 is 11.8 Å². The van der Waals surface area contributed by atoms with Gasteiger partial charge in [-0.3, -0.25) is 9.59 Å². The second-order valence-electron chi connectivity index (χ2n) is 12.6. The van der Waals surface area contributed by atoms with Crippen LogP contribution in [0.15, 0.2) is 12.7 Å². The molecule has 0 saturated heterocycles. The molecule has 6 nitrogen and oxygen atoms in total. The van der Waals surface area contributed by atoms with E-state index < -0.39 is 23.0 Å². The maximum absolute atomic E-state index is 12.9. The van der Waals surface area contributed by atoms with Gasteiger partial charge in [0, 0.05) is 28.5 Å². The lowest BCUT2D eigenvalue weighted by molar-refractivity contribution is -0.152. The van der Waals surface area contributed by atoms with Crippen LogP contribution in [-0.4, -0.2) is 57.3 Å². The van der Waals surface area contributed by atoms with Gasteiger partial charge in [-0.05, 0) is 55.8 Å². The largest absolute Gasteiger partial charge is 0.461 e. The molecule has 0 bridgehead atoms. The van der Waals surface area contributed by atoms with E-state index in [1.807, 2.05) is 27.7 Å². The summed E-state index contributed by atoms with van der Waals surface area (Å²) in [5.41, 5.74) is 4.81. The van der Waals surface area contributed by atoms with Crippen LogP contribution < -0.4 is 5.73 Å². The lowest BCUT2D eigenvalue weighted by Crippen LogP contribution is -2.45. The van der Waals surface area contributed by atoms with Crippen molar-refractivity contribution >= 4 is 23.5 Å². The van der Waals surface area contributed by atoms with Crippen LogP contribution in [0.3, 0.4) is 0 Å². The molecule has 2 saturated carbocycles. The number of ether oxygens (including phenoxy) is 1. The molecule has 9 atom stereocenters. The van der Waals surface area contributed by atoms with Crippen molar-refractivity contribution in [3.05, 3.63) is 12.7 Å². The number of aliphatic hydroxyl groups excluding tert-OH is 2. The van der Waals surface area contributed by atoms with E-state index in [2.05, 4.69) is 27.4 Å². The molecule has 0 aliphatic heterocycles. The molecule has 7 heteroatoms. The second kappa shape index (κ2) is 12.8. The molecule has 0 radical (unpaired) electrons. The Bertz CT molecular complexity index is 771. The predicted molar refractivity (Wildman–Crippen MR) is 148 cm³/mol. The number of esters is 1. The van der Waals surface area contributed by atoms with Crippen LogP contribution in [0.5, 0.6) is 0 Å². The number of nitrogens with two attached hydrogens (primary N) is 1. The third kappa shape index (κ3) is 7.36. The van der Waals surface area contributed by atoms with Crippen molar-refractivity contribution in [2.45, 2.75) is 117 Å². The highest BCUT2D eigenvalue weighted by molar-refractivity contribution is 8.00. The number of carbonyl (C=O) groups excluding carboxylic acids is 2. The number of rotatable bonds is 12. The number of ketones is 1. The topological polar surface area (TPSA) is 110 Å². The van der Waals surface area contributed by atoms with Gasteiger partial charge < -0.3 is 20.7 Å². The van der Waals surface area contributed by atoms with Gasteiger partial charge in [-0.1, -0.05) is 54.5 Å². The Kier molecular flexibility index (Phi) is 11.1. The number of aliphatic hydroxyl groups is 2. The predicted octanol–water partition coefficient (Wildman–Crippen LogP) is 4.75. The molecule has 0 aromatic rings. The van der Waals surface area contributed by atoms with Crippen molar-refractivity contribution in [1.82, 2.24) is 0 Å². The molecular formula is C29H51NO5S. The summed E-state index contributed by atoms with van der Waals surface area (Å²) in [6.45, 7) is 18.3. The zero-order chi connectivity index (χ0) is 27.4. The van der Waals surface area contributed by atoms with Crippen LogP contribution in [-0.2, 0) is 14.3 Å². The number of Topliss-reactive ketones (excluding diaryl/α,β-unsaturated/α-hetero) is 1. The fourth-order valence-corrected chi connectivity index (χ4v) is 7.22. The highest BCUT2D eigenvalue weighted by atomic mass is 32.2. The van der Waals surface area contributed by atoms with Gasteiger partial charge in [0.2, 0.25) is 0 Å². The Labute approximate surface area is 223 Å². The summed E-state index contributed by atoms with van der Waals surface area (Å²) in [4.78, 5) is 25.4. The molecule has 2 aliphatic carbocycles. The monoisotopic (exact) mass is 525 g/mol. The van der Waals surface area contributed by atoms with Gasteiger partial charge in [0.05, 0.1) is 18.0 Å². The first-order chi connectivity index (χ1) is 16.6. The van der Waals surface area contributed by atoms with E-state index in [0.717, 1.165) is 19.3 Å². The maximum Gasteiger partial charge on any atom is 0.316 e. The highest BCUT2D eigenvalue weighted by Crippen LogP contribution is 2.48. The van der Waals surface area contributed by atoms with E-state index in [-0.39, 0.29) is 58.6 Å². The number of carbonyl (C=O) groups is 2. The number of hydrogen-bond acceptors (Lipinski definition) is 7. The Balaban J connectivity index is 2.10. The Morgan fingerprint density at radius 2 is 1.92 bits per heavy atom. The summed E-state index contributed by atoms with van der Waals surface area (Å²) in [5.74, 6) is 0.505. The van der Waals surface area contributed by atoms with Crippen molar-refractivity contribution in [1.29, 1.82) is 0 Å². The molecule has 2 rings (SSSR count). The molecule has 208 valence electrons. The van der Waals surface area contributed by atoms with Gasteiger partial charge in [0.25, 0.3) is 0 Å². The summed E-state index contributed by atoms with van der Waals surface area (Å²) in [5, 5.41) is 21.9. The summed E-state index contributed by atoms with van der Waals surface area (Å²) >= 11 is 1.45. The molecule has 0 amide bonds. The highest BCUT2D eigenvalue weighted by Gasteiger charge is 2.49. The van der Waals surface area contributed by atoms with Crippen molar-refractivity contribution in [3.8, 4) is 0 Å². The minimum absolute atomic E-state index is 0.00286. The van der Waals surface area contributed by atoms with Crippen LogP contribution in [0.2, 0.25) is 0 Å². The Morgan fingerprint density at radius 1 is 1.28 bits per heavy atom. The van der Waals surface area contributed by atoms with Crippen molar-refractivity contribution in [2.24, 2.45) is 40.2 Å². The Morgan fingerprint density at radius 3 is 2.42 bits per heavy atom. The van der Waals surface area contributed by atoms with E-state index in [0.29, 0.717) is 19.3 Å². The molecule has 4 N–H and O–H groups in total. The minimum atomic E-state index is -0.721. The summed E-state index contributed by atoms with van der Waals surface area (Å²) in [6.07, 6.45) is 4.21. The number of hydrogen-bond donors (Lipinski definition) is 3. The van der Waals surface area contributed by atoms with Crippen LogP contribution in [0, 0.1) is 34.5 Å². The second-order valence-corrected chi connectivity index (χ2v) is 13.9. The third-order valence-electron chi connectivity index (χ3n) is 9.38. The summed E-state index contributed by atoms with van der Waals surface area (Å²) in [7, 11) is 0. The average molecular weight is 526 g/mol. The van der Waals surface area contributed by atoms with E-state index in [1.54, 1.807) is 6.08 Å². The van der Waals surface area contributed by atoms with E-state index in [1.165, 1.54) is 11.8 Å². The van der Waals surface area contributed by atoms with Crippen LogP contribution in [0.25, 0.3) is 0 Å². The Hall–Kier alpha value is -0.890. The number of thioether (sulfide) groups is 1. The molecule has 2 fully saturated rings. The quantitative estimate of drug-likeness (QED) is 0.249. The molecule has 0 aromatic carbocycles. The van der Waals surface area contributed by atoms with Crippen LogP contribution in [0.1, 0.15) is 87.0 Å². The molecule has 0 aromatic heterocycles. The van der Waals surface area contributed by atoms with Crippen molar-refractivity contribution < 1.29 is 24.5 Å². The van der Waals surface area contributed by atoms with Crippen molar-refractivity contribution in [2.75, 3.05) is 5.75 Å². The fraction of sp³-hybridized carbons (Fsp3) is 0.862. The standard InChI is InChI=1S/C29H51NO5S/c1-9-29(8,27(34)19(5)21-11-13-25(32)28(21,6)7)15-23(18(4)17(2)3)35-26(33)16-36-24-12-10-20(30)14-22(24)31/h9,17-24,27,31,34H,1,10-16,30H2,2-8H3/t18-,19-,20-,21-,22-,23-,24-,27+,29-/m1/s1. The van der Waals surface area contributed by atoms with E-state index in [9.17, 15) is 19.8 Å². The molecule has 0 heterocycles. The third-order valence-corrected chi connectivity index (χ3v) is 10.8. The summed E-state index contributed by atoms with van der Waals surface area (Å²) < 4.78 is 6.05. The molecule has 2 aliphatic rings. The van der Waals surface area contributed by atoms with E-state index >= 15 is 0 Å². The normalized spacial score (nSPS) is 31.4. The maximum atomic E-state index is 12.9. The first-order valence-corrected chi connectivity index (χ1v) is 14.8. The van der Waals surface area contributed by atoms with Gasteiger partial charge in [0.15, 0.2) is 0 Å². The zero-order valence-electron chi connectivity index (χ0n) is 23.5. The van der Waals surface area contributed by atoms with Crippen molar-refractivity contribution in [3.63, 3.8) is 0 Å². The van der Waals surface area contributed by atoms with Gasteiger partial charge in [-0.15, -0.1) is 18.3 Å². The molecule has 0 spiro atoms. The van der Waals surface area contributed by atoms with Crippen LogP contribution in [0.4, 0.5) is 0 Å². The summed E-state index contributed by atoms with van der Waals surface area (Å²) in [6, 6.07) is 0.0263. The van der Waals surface area contributed by atoms with Gasteiger partial charge in [-0.2, -0.15) is 0 Å². The lowest BCUT2D eigenvalue weighted by atomic mass is 9.65. The molecule has 36 heavy (non-hydrogen) atoms. The molecular weight excluding hydrogens is 474 g/mol. The van der Waals surface area contributed by atoms with E-state index in [4.69, 9.17) is 10.5 Å². The van der Waals surface area contributed by atoms with Gasteiger partial charge in [0.1, 0.15) is 11.9 Å². The van der Waals surface area contributed by atoms with Gasteiger partial charge >= 0.3 is 5.97 Å². The van der Waals surface area contributed by atoms with Gasteiger partial charge in [-0.25, -0.2) is 0 Å². The fourth-order valence-electron chi connectivity index (χ4n) is 6.16.